The van der Waals surface area contributed by atoms with E-state index in [0.29, 0.717) is 6.61 Å². The third-order valence-corrected chi connectivity index (χ3v) is 4.61. The lowest BCUT2D eigenvalue weighted by Gasteiger charge is -2.23. The zero-order valence-electron chi connectivity index (χ0n) is 14.7. The van der Waals surface area contributed by atoms with Gasteiger partial charge in [-0.05, 0) is 62.7 Å². The molecular weight excluding hydrogens is 334 g/mol. The molecule has 1 aliphatic rings. The highest BCUT2D eigenvalue weighted by molar-refractivity contribution is 6.01. The first-order valence-electron chi connectivity index (χ1n) is 8.82. The number of ketones is 1. The summed E-state index contributed by atoms with van der Waals surface area (Å²) in [5.74, 6) is 0.892. The minimum atomic E-state index is -0.109. The van der Waals surface area contributed by atoms with Crippen LogP contribution in [0.5, 0.6) is 5.75 Å². The number of hydrogen-bond donors (Lipinski definition) is 0. The zero-order chi connectivity index (χ0) is 16.8. The Morgan fingerprint density at radius 3 is 2.28 bits per heavy atom. The van der Waals surface area contributed by atoms with E-state index in [-0.39, 0.29) is 24.1 Å². The maximum Gasteiger partial charge on any atom is 0.171 e. The number of Topliss-reactive ketones (excluding diaryl/α,β-unsaturated/α-hetero) is 1. The molecule has 0 N–H and O–H groups in total. The first kappa shape index (κ1) is 19.5. The van der Waals surface area contributed by atoms with E-state index in [1.54, 1.807) is 0 Å². The molecule has 0 aromatic heterocycles. The van der Waals surface area contributed by atoms with Gasteiger partial charge in [0.2, 0.25) is 0 Å². The highest BCUT2D eigenvalue weighted by Gasteiger charge is 2.25. The molecule has 0 radical (unpaired) electrons. The van der Waals surface area contributed by atoms with E-state index in [0.717, 1.165) is 36.5 Å². The van der Waals surface area contributed by atoms with Crippen LogP contribution in [0.3, 0.4) is 0 Å². The highest BCUT2D eigenvalue weighted by atomic mass is 35.5. The Morgan fingerprint density at radius 1 is 1.04 bits per heavy atom. The summed E-state index contributed by atoms with van der Waals surface area (Å²) in [6, 6.07) is 17.7. The average molecular weight is 360 g/mol. The summed E-state index contributed by atoms with van der Waals surface area (Å²) >= 11 is 0. The Kier molecular flexibility index (Phi) is 7.48. The fraction of sp³-hybridized carbons (Fsp3) is 0.381. The summed E-state index contributed by atoms with van der Waals surface area (Å²) in [7, 11) is 0. The van der Waals surface area contributed by atoms with Gasteiger partial charge in [0.05, 0.1) is 12.5 Å². The van der Waals surface area contributed by atoms with Crippen LogP contribution in [-0.2, 0) is 0 Å². The van der Waals surface area contributed by atoms with E-state index in [9.17, 15) is 4.79 Å². The lowest BCUT2D eigenvalue weighted by molar-refractivity contribution is 0.0939. The van der Waals surface area contributed by atoms with Crippen molar-refractivity contribution in [2.24, 2.45) is 0 Å². The van der Waals surface area contributed by atoms with Crippen LogP contribution in [0.15, 0.2) is 54.6 Å². The van der Waals surface area contributed by atoms with Crippen LogP contribution in [0.1, 0.15) is 41.6 Å². The second-order valence-corrected chi connectivity index (χ2v) is 6.29. The monoisotopic (exact) mass is 359 g/mol. The topological polar surface area (TPSA) is 29.5 Å². The first-order valence-corrected chi connectivity index (χ1v) is 8.82. The van der Waals surface area contributed by atoms with E-state index < -0.39 is 0 Å². The molecule has 2 aromatic rings. The van der Waals surface area contributed by atoms with Gasteiger partial charge in [-0.2, -0.15) is 0 Å². The lowest BCUT2D eigenvalue weighted by atomic mass is 9.90. The highest BCUT2D eigenvalue weighted by Crippen LogP contribution is 2.25. The minimum absolute atomic E-state index is 0. The largest absolute Gasteiger partial charge is 0.494 e. The van der Waals surface area contributed by atoms with E-state index >= 15 is 0 Å². The summed E-state index contributed by atoms with van der Waals surface area (Å²) in [6.07, 6.45) is 2.47. The molecule has 0 spiro atoms. The van der Waals surface area contributed by atoms with Crippen molar-refractivity contribution in [3.8, 4) is 5.75 Å². The second-order valence-electron chi connectivity index (χ2n) is 6.29. The maximum atomic E-state index is 13.1. The van der Waals surface area contributed by atoms with Crippen molar-refractivity contribution in [3.05, 3.63) is 65.7 Å². The van der Waals surface area contributed by atoms with E-state index in [2.05, 4.69) is 17.0 Å². The van der Waals surface area contributed by atoms with Gasteiger partial charge in [-0.1, -0.05) is 30.3 Å². The fourth-order valence-electron chi connectivity index (χ4n) is 3.33. The van der Waals surface area contributed by atoms with Gasteiger partial charge in [0, 0.05) is 12.1 Å². The summed E-state index contributed by atoms with van der Waals surface area (Å²) in [4.78, 5) is 15.5. The third-order valence-electron chi connectivity index (χ3n) is 4.61. The van der Waals surface area contributed by atoms with Gasteiger partial charge in [0.15, 0.2) is 5.78 Å². The smallest absolute Gasteiger partial charge is 0.171 e. The molecule has 3 rings (SSSR count). The molecule has 3 nitrogen and oxygen atoms in total. The molecule has 1 unspecified atom stereocenters. The Bertz CT molecular complexity index is 651. The molecule has 2 aromatic carbocycles. The normalized spacial score (nSPS) is 15.4. The van der Waals surface area contributed by atoms with Crippen molar-refractivity contribution in [1.82, 2.24) is 4.90 Å². The van der Waals surface area contributed by atoms with Crippen LogP contribution in [0.2, 0.25) is 0 Å². The molecule has 0 saturated carbocycles. The third kappa shape index (κ3) is 5.07. The maximum absolute atomic E-state index is 13.1. The van der Waals surface area contributed by atoms with Crippen LogP contribution in [-0.4, -0.2) is 36.9 Å². The molecule has 1 atom stereocenters. The van der Waals surface area contributed by atoms with Crippen molar-refractivity contribution in [2.45, 2.75) is 25.7 Å². The number of benzene rings is 2. The molecule has 1 saturated heterocycles. The van der Waals surface area contributed by atoms with Gasteiger partial charge in [-0.3, -0.25) is 4.79 Å². The zero-order valence-corrected chi connectivity index (χ0v) is 15.5. The number of carbonyl (C=O) groups excluding carboxylic acids is 1. The van der Waals surface area contributed by atoms with Crippen LogP contribution in [0.4, 0.5) is 0 Å². The van der Waals surface area contributed by atoms with Crippen LogP contribution in [0.25, 0.3) is 0 Å². The van der Waals surface area contributed by atoms with Crippen molar-refractivity contribution in [2.75, 3.05) is 26.2 Å². The number of rotatable bonds is 7. The molecule has 1 aliphatic heterocycles. The second kappa shape index (κ2) is 9.59. The molecule has 0 bridgehead atoms. The molecule has 0 amide bonds. The number of likely N-dealkylation sites (tertiary alicyclic amines) is 1. The van der Waals surface area contributed by atoms with Crippen LogP contribution < -0.4 is 4.74 Å². The molecule has 134 valence electrons. The van der Waals surface area contributed by atoms with Crippen LogP contribution in [0, 0.1) is 0 Å². The Morgan fingerprint density at radius 2 is 1.68 bits per heavy atom. The fourth-order valence-corrected chi connectivity index (χ4v) is 3.33. The number of carbonyl (C=O) groups is 1. The van der Waals surface area contributed by atoms with Gasteiger partial charge in [0.1, 0.15) is 5.75 Å². The van der Waals surface area contributed by atoms with Crippen molar-refractivity contribution < 1.29 is 9.53 Å². The molecule has 1 fully saturated rings. The minimum Gasteiger partial charge on any atom is -0.494 e. The molecule has 0 aliphatic carbocycles. The number of ether oxygens (including phenoxy) is 1. The number of hydrogen-bond acceptors (Lipinski definition) is 3. The number of nitrogens with zero attached hydrogens (tertiary/aromatic N) is 1. The Hall–Kier alpha value is -1.84. The molecule has 4 heteroatoms. The quantitative estimate of drug-likeness (QED) is 0.678. The standard InChI is InChI=1S/C21H25NO2.ClH/c1-2-24-19-12-10-18(11-13-19)21(23)20(16-22-14-6-7-15-22)17-8-4-3-5-9-17;/h3-5,8-13,20H,2,6-7,14-16H2,1H3;1H. The Labute approximate surface area is 156 Å². The predicted molar refractivity (Wildman–Crippen MR) is 104 cm³/mol. The number of halogens is 1. The van der Waals surface area contributed by atoms with E-state index in [4.69, 9.17) is 4.74 Å². The molecule has 1 heterocycles. The van der Waals surface area contributed by atoms with E-state index in [1.807, 2.05) is 49.4 Å². The van der Waals surface area contributed by atoms with E-state index in [1.165, 1.54) is 12.8 Å². The summed E-state index contributed by atoms with van der Waals surface area (Å²) in [6.45, 7) is 5.59. The van der Waals surface area contributed by atoms with Gasteiger partial charge in [0.25, 0.3) is 0 Å². The van der Waals surface area contributed by atoms with Crippen molar-refractivity contribution in [3.63, 3.8) is 0 Å². The molecule has 25 heavy (non-hydrogen) atoms. The van der Waals surface area contributed by atoms with Crippen LogP contribution >= 0.6 is 12.4 Å². The van der Waals surface area contributed by atoms with Crippen molar-refractivity contribution in [1.29, 1.82) is 0 Å². The van der Waals surface area contributed by atoms with Crippen molar-refractivity contribution >= 4 is 18.2 Å². The van der Waals surface area contributed by atoms with Gasteiger partial charge in [-0.15, -0.1) is 12.4 Å². The van der Waals surface area contributed by atoms with Gasteiger partial charge < -0.3 is 9.64 Å². The SMILES string of the molecule is CCOc1ccc(C(=O)C(CN2CCCC2)c2ccccc2)cc1.Cl. The first-order chi connectivity index (χ1) is 11.8. The predicted octanol–water partition coefficient (Wildman–Crippen LogP) is 4.57. The average Bonchev–Trinajstić information content (AvgIpc) is 3.14. The molecular formula is C21H26ClNO2. The Balaban J connectivity index is 0.00000225. The summed E-state index contributed by atoms with van der Waals surface area (Å²) in [5, 5.41) is 0. The van der Waals surface area contributed by atoms with Gasteiger partial charge in [-0.25, -0.2) is 0 Å². The summed E-state index contributed by atoms with van der Waals surface area (Å²) < 4.78 is 5.47. The van der Waals surface area contributed by atoms with Gasteiger partial charge >= 0.3 is 0 Å². The summed E-state index contributed by atoms with van der Waals surface area (Å²) in [5.41, 5.74) is 1.86. The lowest BCUT2D eigenvalue weighted by Crippen LogP contribution is -2.30.